The molecule has 1 aliphatic rings. The Morgan fingerprint density at radius 3 is 2.00 bits per heavy atom. The van der Waals surface area contributed by atoms with Crippen LogP contribution in [0.1, 0.15) is 11.1 Å². The molecule has 0 fully saturated rings. The number of aryl methyl sites for hydroxylation is 1. The largest absolute Gasteiger partial charge is 0.256 e. The van der Waals surface area contributed by atoms with Crippen molar-refractivity contribution < 1.29 is 5.41 Å². The Morgan fingerprint density at radius 2 is 1.46 bits per heavy atom. The first-order valence-corrected chi connectivity index (χ1v) is 8.48. The predicted octanol–water partition coefficient (Wildman–Crippen LogP) is 3.26. The van der Waals surface area contributed by atoms with E-state index in [2.05, 4.69) is 79.1 Å². The number of fused-ring (bicyclic) bond motifs is 2. The van der Waals surface area contributed by atoms with E-state index in [1.54, 1.807) is 0 Å². The molecule has 3 N–H and O–H groups in total. The third-order valence-electron chi connectivity index (χ3n) is 4.82. The second-order valence-corrected chi connectivity index (χ2v) is 6.38. The molecule has 0 saturated carbocycles. The van der Waals surface area contributed by atoms with Crippen LogP contribution in [0.3, 0.4) is 0 Å². The summed E-state index contributed by atoms with van der Waals surface area (Å²) in [5.41, 5.74) is 4.37. The van der Waals surface area contributed by atoms with Gasteiger partial charge in [-0.2, -0.15) is 0 Å². The average Bonchev–Trinajstić information content (AvgIpc) is 2.63. The first-order chi connectivity index (χ1) is 11.7. The van der Waals surface area contributed by atoms with Gasteiger partial charge in [0.05, 0.1) is 5.57 Å². The van der Waals surface area contributed by atoms with E-state index >= 15 is 0 Å². The highest BCUT2D eigenvalue weighted by Gasteiger charge is 2.26. The van der Waals surface area contributed by atoms with E-state index in [9.17, 15) is 0 Å². The number of thiol groups is 1. The molecule has 3 heteroatoms. The zero-order chi connectivity index (χ0) is 16.7. The molecular formula is C21H19N2S+. The summed E-state index contributed by atoms with van der Waals surface area (Å²) in [6, 6.07) is 17.0. The highest BCUT2D eigenvalue weighted by Crippen LogP contribution is 2.37. The molecule has 0 heterocycles. The van der Waals surface area contributed by atoms with Crippen molar-refractivity contribution in [1.82, 2.24) is 4.72 Å². The summed E-state index contributed by atoms with van der Waals surface area (Å²) in [7, 11) is 0. The molecule has 0 amide bonds. The average molecular weight is 331 g/mol. The molecular weight excluding hydrogens is 312 g/mol. The summed E-state index contributed by atoms with van der Waals surface area (Å²) in [6.45, 7) is 2.19. The van der Waals surface area contributed by atoms with E-state index in [-0.39, 0.29) is 6.04 Å². The number of nitrogens with one attached hydrogen (secondary N) is 1. The monoisotopic (exact) mass is 331 g/mol. The van der Waals surface area contributed by atoms with Crippen LogP contribution in [0.25, 0.3) is 27.1 Å². The third kappa shape index (κ3) is 2.20. The number of hydrogen-bond donors (Lipinski definition) is 3. The minimum Gasteiger partial charge on any atom is -0.256 e. The molecule has 3 aromatic rings. The second kappa shape index (κ2) is 5.93. The van der Waals surface area contributed by atoms with E-state index < -0.39 is 0 Å². The van der Waals surface area contributed by atoms with Crippen molar-refractivity contribution >= 4 is 45.6 Å². The van der Waals surface area contributed by atoms with Gasteiger partial charge in [0.25, 0.3) is 0 Å². The predicted molar refractivity (Wildman–Crippen MR) is 106 cm³/mol. The van der Waals surface area contributed by atoms with Gasteiger partial charge in [0.1, 0.15) is 6.04 Å². The molecule has 0 aromatic heterocycles. The molecule has 3 aromatic carbocycles. The Balaban J connectivity index is 2.14. The van der Waals surface area contributed by atoms with Crippen LogP contribution in [0, 0.1) is 6.92 Å². The lowest BCUT2D eigenvalue weighted by molar-refractivity contribution is -0.114. The molecule has 0 bridgehead atoms. The SMILES string of the molecule is Cc1c2ccccc2c(C2=CC=CC(NS)C2=[NH2+])c2ccccc12. The summed E-state index contributed by atoms with van der Waals surface area (Å²) >= 11 is 4.21. The lowest BCUT2D eigenvalue weighted by Crippen LogP contribution is -2.51. The van der Waals surface area contributed by atoms with Gasteiger partial charge in [0.15, 0.2) is 0 Å². The van der Waals surface area contributed by atoms with Crippen molar-refractivity contribution in [1.29, 1.82) is 0 Å². The molecule has 0 spiro atoms. The number of benzene rings is 3. The van der Waals surface area contributed by atoms with Gasteiger partial charge >= 0.3 is 0 Å². The van der Waals surface area contributed by atoms with Gasteiger partial charge < -0.3 is 0 Å². The summed E-state index contributed by atoms with van der Waals surface area (Å²) in [4.78, 5) is 0. The Bertz CT molecular complexity index is 974. The Labute approximate surface area is 146 Å². The summed E-state index contributed by atoms with van der Waals surface area (Å²) in [6.07, 6.45) is 6.16. The van der Waals surface area contributed by atoms with Crippen molar-refractivity contribution in [3.63, 3.8) is 0 Å². The zero-order valence-electron chi connectivity index (χ0n) is 13.5. The molecule has 1 aliphatic carbocycles. The van der Waals surface area contributed by atoms with Crippen LogP contribution in [0.2, 0.25) is 0 Å². The fourth-order valence-electron chi connectivity index (χ4n) is 3.61. The van der Waals surface area contributed by atoms with Crippen LogP contribution in [0.15, 0.2) is 66.8 Å². The van der Waals surface area contributed by atoms with Gasteiger partial charge in [-0.1, -0.05) is 73.5 Å². The van der Waals surface area contributed by atoms with Gasteiger partial charge in [-0.15, -0.1) is 0 Å². The zero-order valence-corrected chi connectivity index (χ0v) is 14.3. The van der Waals surface area contributed by atoms with E-state index in [1.165, 1.54) is 32.7 Å². The van der Waals surface area contributed by atoms with Crippen molar-refractivity contribution in [2.45, 2.75) is 13.0 Å². The third-order valence-corrected chi connectivity index (χ3v) is 5.10. The molecule has 118 valence electrons. The summed E-state index contributed by atoms with van der Waals surface area (Å²) in [5.74, 6) is 0. The molecule has 0 radical (unpaired) electrons. The molecule has 24 heavy (non-hydrogen) atoms. The van der Waals surface area contributed by atoms with Crippen molar-refractivity contribution in [2.75, 3.05) is 0 Å². The molecule has 0 saturated heterocycles. The maximum absolute atomic E-state index is 6.47. The number of rotatable bonds is 2. The molecule has 4 rings (SSSR count). The second-order valence-electron chi connectivity index (χ2n) is 6.12. The Kier molecular flexibility index (Phi) is 3.75. The van der Waals surface area contributed by atoms with Gasteiger partial charge in [-0.3, -0.25) is 5.41 Å². The fourth-order valence-corrected chi connectivity index (χ4v) is 3.83. The van der Waals surface area contributed by atoms with Crippen LogP contribution >= 0.6 is 12.8 Å². The van der Waals surface area contributed by atoms with Crippen LogP contribution in [0.5, 0.6) is 0 Å². The smallest absolute Gasteiger partial charge is 0.202 e. The van der Waals surface area contributed by atoms with Crippen molar-refractivity contribution in [3.8, 4) is 0 Å². The lowest BCUT2D eigenvalue weighted by Gasteiger charge is -2.20. The molecule has 2 nitrogen and oxygen atoms in total. The topological polar surface area (TPSA) is 37.6 Å². The highest BCUT2D eigenvalue weighted by atomic mass is 32.1. The van der Waals surface area contributed by atoms with Gasteiger partial charge in [-0.25, -0.2) is 4.72 Å². The standard InChI is InChI=1S/C21H18N2S/c1-13-14-7-2-4-9-16(14)20(17-10-5-3-8-15(13)17)18-11-6-12-19(23-24)21(18)22/h2-12,19,22-24H,1H3/p+1. The maximum Gasteiger partial charge on any atom is 0.202 e. The maximum atomic E-state index is 6.47. The van der Waals surface area contributed by atoms with Gasteiger partial charge in [-0.05, 0) is 40.1 Å². The van der Waals surface area contributed by atoms with Crippen LogP contribution in [-0.4, -0.2) is 11.8 Å². The van der Waals surface area contributed by atoms with E-state index in [0.29, 0.717) is 0 Å². The van der Waals surface area contributed by atoms with Crippen molar-refractivity contribution in [3.05, 3.63) is 77.9 Å². The minimum absolute atomic E-state index is 0.0628. The number of nitrogens with two attached hydrogens (primary N) is 1. The van der Waals surface area contributed by atoms with E-state index in [0.717, 1.165) is 11.3 Å². The Morgan fingerprint density at radius 1 is 0.917 bits per heavy atom. The first-order valence-electron chi connectivity index (χ1n) is 8.03. The molecule has 1 unspecified atom stereocenters. The van der Waals surface area contributed by atoms with Crippen LogP contribution in [-0.2, 0) is 0 Å². The van der Waals surface area contributed by atoms with Crippen LogP contribution in [0.4, 0.5) is 0 Å². The van der Waals surface area contributed by atoms with Gasteiger partial charge in [0.2, 0.25) is 5.71 Å². The first kappa shape index (κ1) is 15.2. The van der Waals surface area contributed by atoms with E-state index in [4.69, 9.17) is 5.41 Å². The van der Waals surface area contributed by atoms with Gasteiger partial charge in [0, 0.05) is 5.56 Å². The number of hydrogen-bond acceptors (Lipinski definition) is 2. The van der Waals surface area contributed by atoms with E-state index in [1.807, 2.05) is 12.2 Å². The number of allylic oxidation sites excluding steroid dienone is 2. The molecule has 1 atom stereocenters. The minimum atomic E-state index is -0.0628. The highest BCUT2D eigenvalue weighted by molar-refractivity contribution is 7.78. The fraction of sp³-hybridized carbons (Fsp3) is 0.0952. The van der Waals surface area contributed by atoms with Crippen molar-refractivity contribution in [2.24, 2.45) is 0 Å². The van der Waals surface area contributed by atoms with Crippen LogP contribution < -0.4 is 10.1 Å². The lowest BCUT2D eigenvalue weighted by atomic mass is 9.84. The summed E-state index contributed by atoms with van der Waals surface area (Å²) < 4.78 is 2.97. The summed E-state index contributed by atoms with van der Waals surface area (Å²) in [5, 5.41) is 11.5. The normalized spacial score (nSPS) is 17.5. The quantitative estimate of drug-likeness (QED) is 0.489. The molecule has 0 aliphatic heterocycles. The Hall–Kier alpha value is -2.36.